The first-order valence-corrected chi connectivity index (χ1v) is 8.58. The van der Waals surface area contributed by atoms with Crippen molar-refractivity contribution in [2.45, 2.75) is 6.92 Å². The van der Waals surface area contributed by atoms with E-state index < -0.39 is 5.97 Å². The van der Waals surface area contributed by atoms with Crippen molar-refractivity contribution in [3.05, 3.63) is 65.4 Å². The molecule has 5 nitrogen and oxygen atoms in total. The summed E-state index contributed by atoms with van der Waals surface area (Å²) < 4.78 is 4.79. The number of hydrogen-bond donors (Lipinski definition) is 1. The van der Waals surface area contributed by atoms with Crippen LogP contribution in [0.3, 0.4) is 0 Å². The van der Waals surface area contributed by atoms with Crippen molar-refractivity contribution in [1.29, 1.82) is 0 Å². The first kappa shape index (κ1) is 17.0. The van der Waals surface area contributed by atoms with Gasteiger partial charge in [-0.25, -0.2) is 9.78 Å². The van der Waals surface area contributed by atoms with E-state index in [2.05, 4.69) is 4.98 Å². The molecule has 1 atom stereocenters. The second-order valence-electron chi connectivity index (χ2n) is 6.50. The molecule has 134 valence electrons. The molecule has 0 amide bonds. The Bertz CT molecular complexity index is 1130. The number of carbonyl (C=O) groups is 2. The van der Waals surface area contributed by atoms with Gasteiger partial charge in [-0.1, -0.05) is 31.2 Å². The number of ether oxygens (including phenoxy) is 1. The predicted molar refractivity (Wildman–Crippen MR) is 103 cm³/mol. The van der Waals surface area contributed by atoms with E-state index in [0.29, 0.717) is 33.5 Å². The number of aromatic nitrogens is 1. The summed E-state index contributed by atoms with van der Waals surface area (Å²) >= 11 is 0. The Balaban J connectivity index is 2.12. The second kappa shape index (κ2) is 6.36. The minimum absolute atomic E-state index is 0.0174. The Labute approximate surface area is 155 Å². The number of benzene rings is 2. The van der Waals surface area contributed by atoms with Gasteiger partial charge in [-0.15, -0.1) is 0 Å². The third-order valence-corrected chi connectivity index (χ3v) is 4.81. The molecule has 1 N–H and O–H groups in total. The fourth-order valence-electron chi connectivity index (χ4n) is 3.41. The molecule has 27 heavy (non-hydrogen) atoms. The molecule has 0 radical (unpaired) electrons. The monoisotopic (exact) mass is 359 g/mol. The molecule has 0 spiro atoms. The van der Waals surface area contributed by atoms with Crippen molar-refractivity contribution in [2.24, 2.45) is 5.92 Å². The van der Waals surface area contributed by atoms with Gasteiger partial charge in [0.05, 0.1) is 29.4 Å². The van der Waals surface area contributed by atoms with Gasteiger partial charge < -0.3 is 9.84 Å². The highest BCUT2D eigenvalue weighted by atomic mass is 16.5. The average molecular weight is 359 g/mol. The number of esters is 1. The van der Waals surface area contributed by atoms with Gasteiger partial charge in [0.1, 0.15) is 5.75 Å². The van der Waals surface area contributed by atoms with Gasteiger partial charge in [0.25, 0.3) is 0 Å². The summed E-state index contributed by atoms with van der Waals surface area (Å²) in [6.07, 6.45) is 3.65. The largest absolute Gasteiger partial charge is 0.507 e. The molecule has 4 rings (SSSR count). The Morgan fingerprint density at radius 3 is 2.70 bits per heavy atom. The molecule has 0 saturated heterocycles. The van der Waals surface area contributed by atoms with Gasteiger partial charge in [0, 0.05) is 22.4 Å². The molecule has 5 heteroatoms. The number of phenols is 1. The van der Waals surface area contributed by atoms with Crippen LogP contribution >= 0.6 is 0 Å². The number of nitrogens with zero attached hydrogens (tertiary/aromatic N) is 1. The van der Waals surface area contributed by atoms with Crippen molar-refractivity contribution < 1.29 is 19.4 Å². The predicted octanol–water partition coefficient (Wildman–Crippen LogP) is 4.24. The lowest BCUT2D eigenvalue weighted by molar-refractivity contribution is 0.0600. The smallest absolute Gasteiger partial charge is 0.337 e. The Morgan fingerprint density at radius 1 is 1.15 bits per heavy atom. The summed E-state index contributed by atoms with van der Waals surface area (Å²) in [7, 11) is 1.30. The zero-order valence-electron chi connectivity index (χ0n) is 14.9. The topological polar surface area (TPSA) is 76.5 Å². The normalized spacial score (nSPS) is 15.6. The van der Waals surface area contributed by atoms with Gasteiger partial charge in [-0.05, 0) is 30.3 Å². The van der Waals surface area contributed by atoms with Gasteiger partial charge in [-0.3, -0.25) is 4.79 Å². The molecule has 0 fully saturated rings. The lowest BCUT2D eigenvalue weighted by Gasteiger charge is -2.21. The summed E-state index contributed by atoms with van der Waals surface area (Å²) in [6, 6.07) is 11.9. The zero-order valence-corrected chi connectivity index (χ0v) is 14.9. The number of para-hydroxylation sites is 1. The Kier molecular flexibility index (Phi) is 4.00. The molecule has 2 aromatic carbocycles. The standard InChI is InChI=1S/C22H17NO4/c1-12-7-9-17-20(21(12)25)19(14-5-3-4-6-16(14)23-17)15-11-13(22(26)27-2)8-10-18(15)24/h3-12,24H,1-2H3. The maximum absolute atomic E-state index is 13.0. The first-order chi connectivity index (χ1) is 13.0. The van der Waals surface area contributed by atoms with Crippen molar-refractivity contribution in [2.75, 3.05) is 7.11 Å². The van der Waals surface area contributed by atoms with E-state index in [1.165, 1.54) is 19.2 Å². The van der Waals surface area contributed by atoms with E-state index in [4.69, 9.17) is 4.74 Å². The van der Waals surface area contributed by atoms with Crippen molar-refractivity contribution in [3.8, 4) is 16.9 Å². The second-order valence-corrected chi connectivity index (χ2v) is 6.50. The number of aromatic hydroxyl groups is 1. The summed E-state index contributed by atoms with van der Waals surface area (Å²) in [4.78, 5) is 29.6. The summed E-state index contributed by atoms with van der Waals surface area (Å²) in [5.74, 6) is -0.881. The number of methoxy groups -OCH3 is 1. The molecular weight excluding hydrogens is 342 g/mol. The van der Waals surface area contributed by atoms with Crippen molar-refractivity contribution in [1.82, 2.24) is 4.98 Å². The molecule has 3 aromatic rings. The van der Waals surface area contributed by atoms with E-state index in [9.17, 15) is 14.7 Å². The summed E-state index contributed by atoms with van der Waals surface area (Å²) in [6.45, 7) is 1.82. The molecular formula is C22H17NO4. The number of ketones is 1. The average Bonchev–Trinajstić information content (AvgIpc) is 2.69. The number of Topliss-reactive ketones (excluding diaryl/α,β-unsaturated/α-hetero) is 1. The van der Waals surface area contributed by atoms with Gasteiger partial charge in [0.15, 0.2) is 5.78 Å². The molecule has 1 unspecified atom stereocenters. The van der Waals surface area contributed by atoms with Crippen molar-refractivity contribution in [3.63, 3.8) is 0 Å². The Hall–Kier alpha value is -3.47. The number of allylic oxidation sites excluding steroid dienone is 1. The maximum Gasteiger partial charge on any atom is 0.337 e. The van der Waals surface area contributed by atoms with Crippen LogP contribution in [0.4, 0.5) is 0 Å². The SMILES string of the molecule is COC(=O)c1ccc(O)c(-c2c3c(nc4ccccc24)C=CC(C)C3=O)c1. The lowest BCUT2D eigenvalue weighted by atomic mass is 9.84. The summed E-state index contributed by atoms with van der Waals surface area (Å²) in [5, 5.41) is 11.3. The zero-order chi connectivity index (χ0) is 19.1. The third-order valence-electron chi connectivity index (χ3n) is 4.81. The first-order valence-electron chi connectivity index (χ1n) is 8.58. The molecule has 0 aliphatic heterocycles. The number of pyridine rings is 1. The van der Waals surface area contributed by atoms with Crippen LogP contribution in [0.25, 0.3) is 28.1 Å². The Morgan fingerprint density at radius 2 is 1.93 bits per heavy atom. The molecule has 0 saturated carbocycles. The van der Waals surface area contributed by atoms with Crippen LogP contribution in [0.5, 0.6) is 5.75 Å². The van der Waals surface area contributed by atoms with Crippen LogP contribution in [0.15, 0.2) is 48.5 Å². The van der Waals surface area contributed by atoms with Gasteiger partial charge >= 0.3 is 5.97 Å². The van der Waals surface area contributed by atoms with E-state index >= 15 is 0 Å². The van der Waals surface area contributed by atoms with Crippen LogP contribution in [0, 0.1) is 5.92 Å². The number of hydrogen-bond acceptors (Lipinski definition) is 5. The minimum Gasteiger partial charge on any atom is -0.507 e. The van der Waals surface area contributed by atoms with E-state index in [-0.39, 0.29) is 17.5 Å². The number of rotatable bonds is 2. The highest BCUT2D eigenvalue weighted by molar-refractivity contribution is 6.15. The molecule has 0 bridgehead atoms. The van der Waals surface area contributed by atoms with E-state index in [0.717, 1.165) is 5.39 Å². The van der Waals surface area contributed by atoms with Crippen LogP contribution in [0.2, 0.25) is 0 Å². The highest BCUT2D eigenvalue weighted by Gasteiger charge is 2.28. The fraction of sp³-hybridized carbons (Fsp3) is 0.136. The number of phenolic OH excluding ortho intramolecular Hbond substituents is 1. The summed E-state index contributed by atoms with van der Waals surface area (Å²) in [5.41, 5.74) is 3.02. The van der Waals surface area contributed by atoms with Crippen LogP contribution < -0.4 is 0 Å². The lowest BCUT2D eigenvalue weighted by Crippen LogP contribution is -2.17. The van der Waals surface area contributed by atoms with Crippen LogP contribution in [0.1, 0.15) is 33.3 Å². The highest BCUT2D eigenvalue weighted by Crippen LogP contribution is 2.41. The van der Waals surface area contributed by atoms with Gasteiger partial charge in [-0.2, -0.15) is 0 Å². The van der Waals surface area contributed by atoms with Crippen molar-refractivity contribution >= 4 is 28.7 Å². The van der Waals surface area contributed by atoms with E-state index in [1.54, 1.807) is 6.07 Å². The fourth-order valence-corrected chi connectivity index (χ4v) is 3.41. The number of carbonyl (C=O) groups excluding carboxylic acids is 2. The van der Waals surface area contributed by atoms with Gasteiger partial charge in [0.2, 0.25) is 0 Å². The molecule has 1 aromatic heterocycles. The number of fused-ring (bicyclic) bond motifs is 2. The molecule has 1 aliphatic carbocycles. The quantitative estimate of drug-likeness (QED) is 0.693. The minimum atomic E-state index is -0.511. The molecule has 1 aliphatic rings. The maximum atomic E-state index is 13.0. The van der Waals surface area contributed by atoms with E-state index in [1.807, 2.05) is 43.3 Å². The van der Waals surface area contributed by atoms with Crippen LogP contribution in [-0.2, 0) is 4.74 Å². The van der Waals surface area contributed by atoms with Crippen LogP contribution in [-0.4, -0.2) is 29.0 Å². The molecule has 1 heterocycles. The third kappa shape index (κ3) is 2.68.